The van der Waals surface area contributed by atoms with Crippen LogP contribution in [-0.2, 0) is 6.18 Å². The molecule has 0 saturated heterocycles. The lowest BCUT2D eigenvalue weighted by Crippen LogP contribution is -2.04. The highest BCUT2D eigenvalue weighted by atomic mass is 79.9. The van der Waals surface area contributed by atoms with Crippen molar-refractivity contribution >= 4 is 15.9 Å². The van der Waals surface area contributed by atoms with Gasteiger partial charge in [-0.2, -0.15) is 13.2 Å². The zero-order valence-electron chi connectivity index (χ0n) is 9.76. The molecule has 1 aliphatic carbocycles. The first kappa shape index (κ1) is 12.7. The second-order valence-corrected chi connectivity index (χ2v) is 5.51. The third kappa shape index (κ3) is 2.54. The number of alkyl halides is 3. The number of H-pyrrole nitrogens is 1. The van der Waals surface area contributed by atoms with E-state index in [2.05, 4.69) is 25.9 Å². The van der Waals surface area contributed by atoms with E-state index in [1.54, 1.807) is 6.20 Å². The van der Waals surface area contributed by atoms with Crippen LogP contribution in [0, 0.1) is 0 Å². The maximum Gasteiger partial charge on any atom is 0.416 e. The second-order valence-electron chi connectivity index (χ2n) is 4.65. The molecule has 0 amide bonds. The molecule has 1 aromatic heterocycles. The van der Waals surface area contributed by atoms with E-state index in [1.165, 1.54) is 6.07 Å². The van der Waals surface area contributed by atoms with Gasteiger partial charge in [-0.15, -0.1) is 0 Å². The van der Waals surface area contributed by atoms with Crippen LogP contribution >= 0.6 is 15.9 Å². The average Bonchev–Trinajstić information content (AvgIpc) is 3.07. The number of hydrogen-bond donors (Lipinski definition) is 1. The SMILES string of the molecule is FC(F)(F)c1ccc(-c2ncc(C3CC3)[nH]2)c(Br)c1. The molecule has 0 unspecified atom stereocenters. The molecular formula is C13H10BrF3N2. The number of nitrogens with one attached hydrogen (secondary N) is 1. The van der Waals surface area contributed by atoms with Crippen LogP contribution in [-0.4, -0.2) is 9.97 Å². The fourth-order valence-electron chi connectivity index (χ4n) is 1.96. The Labute approximate surface area is 116 Å². The van der Waals surface area contributed by atoms with Crippen LogP contribution in [0.5, 0.6) is 0 Å². The summed E-state index contributed by atoms with van der Waals surface area (Å²) in [5.74, 6) is 1.14. The Morgan fingerprint density at radius 3 is 2.58 bits per heavy atom. The highest BCUT2D eigenvalue weighted by Gasteiger charge is 2.31. The topological polar surface area (TPSA) is 28.7 Å². The number of halogens is 4. The molecular weight excluding hydrogens is 321 g/mol. The summed E-state index contributed by atoms with van der Waals surface area (Å²) in [7, 11) is 0. The van der Waals surface area contributed by atoms with Crippen LogP contribution in [0.3, 0.4) is 0 Å². The summed E-state index contributed by atoms with van der Waals surface area (Å²) in [5, 5.41) is 0. The maximum atomic E-state index is 12.6. The van der Waals surface area contributed by atoms with Gasteiger partial charge in [-0.1, -0.05) is 15.9 Å². The first-order valence-electron chi connectivity index (χ1n) is 5.87. The van der Waals surface area contributed by atoms with Gasteiger partial charge < -0.3 is 4.98 Å². The third-order valence-electron chi connectivity index (χ3n) is 3.16. The third-order valence-corrected chi connectivity index (χ3v) is 3.82. The molecule has 0 bridgehead atoms. The Morgan fingerprint density at radius 2 is 2.00 bits per heavy atom. The van der Waals surface area contributed by atoms with Gasteiger partial charge in [0.1, 0.15) is 5.82 Å². The summed E-state index contributed by atoms with van der Waals surface area (Å²) in [6, 6.07) is 3.58. The quantitative estimate of drug-likeness (QED) is 0.846. The standard InChI is InChI=1S/C13H10BrF3N2/c14-10-5-8(13(15,16)17)3-4-9(10)12-18-6-11(19-12)7-1-2-7/h3-7H,1-2H2,(H,18,19). The zero-order valence-corrected chi connectivity index (χ0v) is 11.3. The van der Waals surface area contributed by atoms with E-state index in [4.69, 9.17) is 0 Å². The number of aromatic nitrogens is 2. The van der Waals surface area contributed by atoms with Crippen molar-refractivity contribution < 1.29 is 13.2 Å². The van der Waals surface area contributed by atoms with E-state index in [9.17, 15) is 13.2 Å². The van der Waals surface area contributed by atoms with Crippen molar-refractivity contribution in [2.24, 2.45) is 0 Å². The Balaban J connectivity index is 1.95. The van der Waals surface area contributed by atoms with Gasteiger partial charge in [-0.05, 0) is 31.0 Å². The first-order chi connectivity index (χ1) is 8.95. The molecule has 1 heterocycles. The predicted octanol–water partition coefficient (Wildman–Crippen LogP) is 4.74. The largest absolute Gasteiger partial charge is 0.416 e. The van der Waals surface area contributed by atoms with Crippen LogP contribution in [0.1, 0.15) is 30.0 Å². The molecule has 0 atom stereocenters. The fraction of sp³-hybridized carbons (Fsp3) is 0.308. The molecule has 3 rings (SSSR count). The Hall–Kier alpha value is -1.30. The molecule has 0 radical (unpaired) electrons. The Morgan fingerprint density at radius 1 is 1.26 bits per heavy atom. The predicted molar refractivity (Wildman–Crippen MR) is 68.7 cm³/mol. The van der Waals surface area contributed by atoms with Crippen LogP contribution in [0.2, 0.25) is 0 Å². The van der Waals surface area contributed by atoms with E-state index < -0.39 is 11.7 Å². The van der Waals surface area contributed by atoms with E-state index in [1.807, 2.05) is 0 Å². The fourth-order valence-corrected chi connectivity index (χ4v) is 2.52. The summed E-state index contributed by atoms with van der Waals surface area (Å²) in [4.78, 5) is 7.40. The number of imidazole rings is 1. The van der Waals surface area contributed by atoms with E-state index in [-0.39, 0.29) is 0 Å². The number of aromatic amines is 1. The summed E-state index contributed by atoms with van der Waals surface area (Å²) in [6.07, 6.45) is -0.272. The number of hydrogen-bond acceptors (Lipinski definition) is 1. The number of benzene rings is 1. The molecule has 2 aromatic rings. The van der Waals surface area contributed by atoms with Crippen LogP contribution in [0.25, 0.3) is 11.4 Å². The monoisotopic (exact) mass is 330 g/mol. The molecule has 1 aliphatic rings. The van der Waals surface area contributed by atoms with Gasteiger partial charge in [0, 0.05) is 27.8 Å². The lowest BCUT2D eigenvalue weighted by molar-refractivity contribution is -0.137. The lowest BCUT2D eigenvalue weighted by Gasteiger charge is -2.08. The van der Waals surface area contributed by atoms with Crippen molar-refractivity contribution in [1.82, 2.24) is 9.97 Å². The van der Waals surface area contributed by atoms with Gasteiger partial charge in [-0.3, -0.25) is 0 Å². The van der Waals surface area contributed by atoms with Gasteiger partial charge in [0.15, 0.2) is 0 Å². The normalized spacial score (nSPS) is 15.8. The molecule has 1 fully saturated rings. The first-order valence-corrected chi connectivity index (χ1v) is 6.66. The zero-order chi connectivity index (χ0) is 13.6. The minimum Gasteiger partial charge on any atom is -0.342 e. The van der Waals surface area contributed by atoms with Crippen molar-refractivity contribution in [1.29, 1.82) is 0 Å². The lowest BCUT2D eigenvalue weighted by atomic mass is 10.1. The van der Waals surface area contributed by atoms with Gasteiger partial charge >= 0.3 is 6.18 Å². The van der Waals surface area contributed by atoms with Crippen molar-refractivity contribution in [3.63, 3.8) is 0 Å². The smallest absolute Gasteiger partial charge is 0.342 e. The summed E-state index contributed by atoms with van der Waals surface area (Å²) < 4.78 is 38.1. The van der Waals surface area contributed by atoms with Gasteiger partial charge in [0.25, 0.3) is 0 Å². The van der Waals surface area contributed by atoms with Gasteiger partial charge in [-0.25, -0.2) is 4.98 Å². The van der Waals surface area contributed by atoms with Gasteiger partial charge in [0.2, 0.25) is 0 Å². The molecule has 1 aromatic carbocycles. The van der Waals surface area contributed by atoms with Crippen LogP contribution in [0.4, 0.5) is 13.2 Å². The minimum absolute atomic E-state index is 0.388. The minimum atomic E-state index is -4.33. The maximum absolute atomic E-state index is 12.6. The Bertz CT molecular complexity index is 615. The molecule has 100 valence electrons. The van der Waals surface area contributed by atoms with Gasteiger partial charge in [0.05, 0.1) is 5.56 Å². The summed E-state index contributed by atoms with van der Waals surface area (Å²) in [6.45, 7) is 0. The van der Waals surface area contributed by atoms with Crippen molar-refractivity contribution in [2.75, 3.05) is 0 Å². The van der Waals surface area contributed by atoms with E-state index in [0.29, 0.717) is 21.8 Å². The Kier molecular flexibility index (Phi) is 2.92. The highest BCUT2D eigenvalue weighted by Crippen LogP contribution is 2.40. The summed E-state index contributed by atoms with van der Waals surface area (Å²) >= 11 is 3.18. The molecule has 0 aliphatic heterocycles. The molecule has 2 nitrogen and oxygen atoms in total. The van der Waals surface area contributed by atoms with Crippen molar-refractivity contribution in [3.8, 4) is 11.4 Å². The molecule has 0 spiro atoms. The highest BCUT2D eigenvalue weighted by molar-refractivity contribution is 9.10. The van der Waals surface area contributed by atoms with E-state index >= 15 is 0 Å². The molecule has 1 N–H and O–H groups in total. The van der Waals surface area contributed by atoms with Crippen LogP contribution in [0.15, 0.2) is 28.9 Å². The van der Waals surface area contributed by atoms with Crippen molar-refractivity contribution in [2.45, 2.75) is 24.9 Å². The number of nitrogens with zero attached hydrogens (tertiary/aromatic N) is 1. The molecule has 6 heteroatoms. The van der Waals surface area contributed by atoms with Crippen molar-refractivity contribution in [3.05, 3.63) is 40.1 Å². The summed E-state index contributed by atoms with van der Waals surface area (Å²) in [5.41, 5.74) is 1.03. The molecule has 19 heavy (non-hydrogen) atoms. The van der Waals surface area contributed by atoms with Crippen LogP contribution < -0.4 is 0 Å². The number of rotatable bonds is 2. The second kappa shape index (κ2) is 4.37. The van der Waals surface area contributed by atoms with E-state index in [0.717, 1.165) is 30.7 Å². The average molecular weight is 331 g/mol. The molecule has 1 saturated carbocycles.